The number of rotatable bonds is 6. The Labute approximate surface area is 164 Å². The Morgan fingerprint density at radius 3 is 1.92 bits per heavy atom. The number of hydrogen-bond donors (Lipinski definition) is 0. The van der Waals surface area contributed by atoms with Gasteiger partial charge in [0.2, 0.25) is 0 Å². The molecule has 0 saturated heterocycles. The summed E-state index contributed by atoms with van der Waals surface area (Å²) in [4.78, 5) is 13.7. The fraction of sp³-hybridized carbons (Fsp3) is 0.957. The molecule has 0 aromatic heterocycles. The van der Waals surface area contributed by atoms with Crippen molar-refractivity contribution < 1.29 is 9.53 Å². The van der Waals surface area contributed by atoms with E-state index < -0.39 is 0 Å². The van der Waals surface area contributed by atoms with Gasteiger partial charge in [-0.25, -0.2) is 0 Å². The average molecular weight is 379 g/mol. The molecule has 0 spiro atoms. The van der Waals surface area contributed by atoms with Crippen LogP contribution in [-0.2, 0) is 9.53 Å². The van der Waals surface area contributed by atoms with Gasteiger partial charge in [0, 0.05) is 10.2 Å². The minimum Gasteiger partial charge on any atom is -0.462 e. The zero-order valence-corrected chi connectivity index (χ0v) is 19.4. The summed E-state index contributed by atoms with van der Waals surface area (Å²) in [6.45, 7) is 2.35. The number of carbonyl (C=O) groups is 1. The van der Waals surface area contributed by atoms with Gasteiger partial charge < -0.3 is 4.74 Å². The first-order valence-electron chi connectivity index (χ1n) is 11.9. The molecule has 3 aliphatic rings. The molecule has 2 nitrogen and oxygen atoms in total. The van der Waals surface area contributed by atoms with E-state index >= 15 is 0 Å². The maximum atomic E-state index is 13.7. The van der Waals surface area contributed by atoms with Gasteiger partial charge in [0.1, 0.15) is 6.10 Å². The Bertz CT molecular complexity index is 433. The van der Waals surface area contributed by atoms with Gasteiger partial charge >= 0.3 is 5.97 Å². The maximum absolute atomic E-state index is 13.7. The van der Waals surface area contributed by atoms with E-state index in [9.17, 15) is 4.79 Å². The molecule has 0 N–H and O–H groups in total. The van der Waals surface area contributed by atoms with Crippen LogP contribution >= 0.6 is 0 Å². The number of ether oxygens (including phenoxy) is 1. The van der Waals surface area contributed by atoms with E-state index in [0.717, 1.165) is 29.0 Å². The van der Waals surface area contributed by atoms with Gasteiger partial charge in [0.25, 0.3) is 0 Å². The highest BCUT2D eigenvalue weighted by molar-refractivity contribution is 6.27. The van der Waals surface area contributed by atoms with Crippen molar-refractivity contribution in [3.05, 3.63) is 0 Å². The maximum Gasteiger partial charge on any atom is 0.309 e. The number of carbonyl (C=O) groups excluding carboxylic acids is 1. The second-order valence-electron chi connectivity index (χ2n) is 9.70. The molecule has 0 amide bonds. The lowest BCUT2D eigenvalue weighted by atomic mass is 9.65. The largest absolute Gasteiger partial charge is 0.462 e. The van der Waals surface area contributed by atoms with Gasteiger partial charge in [-0.1, -0.05) is 71.1 Å². The van der Waals surface area contributed by atoms with Crippen molar-refractivity contribution in [3.8, 4) is 0 Å². The third-order valence-corrected chi connectivity index (χ3v) is 10.1. The van der Waals surface area contributed by atoms with E-state index in [1.165, 1.54) is 89.9 Å². The lowest BCUT2D eigenvalue weighted by molar-refractivity contribution is -0.160. The fourth-order valence-corrected chi connectivity index (χ4v) is 8.14. The molecule has 0 bridgehead atoms. The van der Waals surface area contributed by atoms with Crippen molar-refractivity contribution in [3.63, 3.8) is 0 Å². The minimum atomic E-state index is -0.116. The summed E-state index contributed by atoms with van der Waals surface area (Å²) in [7, 11) is 0.975. The van der Waals surface area contributed by atoms with Crippen LogP contribution in [-0.4, -0.2) is 22.3 Å². The molecule has 3 saturated carbocycles. The van der Waals surface area contributed by atoms with E-state index in [0.29, 0.717) is 11.8 Å². The summed E-state index contributed by atoms with van der Waals surface area (Å²) in [5, 5.41) is -0.116. The first-order valence-corrected chi connectivity index (χ1v) is 12.9. The zero-order valence-electron chi connectivity index (χ0n) is 17.4. The van der Waals surface area contributed by atoms with Crippen molar-refractivity contribution in [1.82, 2.24) is 0 Å². The molecule has 0 aromatic carbocycles. The minimum absolute atomic E-state index is 0.116. The molecule has 0 aliphatic heterocycles. The predicted molar refractivity (Wildman–Crippen MR) is 113 cm³/mol. The monoisotopic (exact) mass is 378 g/mol. The highest BCUT2D eigenvalue weighted by atomic mass is 28.1. The third kappa shape index (κ3) is 4.56. The average Bonchev–Trinajstić information content (AvgIpc) is 2.70. The summed E-state index contributed by atoms with van der Waals surface area (Å²) in [5.41, 5.74) is 0. The lowest BCUT2D eigenvalue weighted by Gasteiger charge is -2.47. The van der Waals surface area contributed by atoms with Gasteiger partial charge in [0.05, 0.1) is 5.04 Å². The van der Waals surface area contributed by atoms with E-state index in [-0.39, 0.29) is 17.1 Å². The highest BCUT2D eigenvalue weighted by Gasteiger charge is 2.50. The Morgan fingerprint density at radius 1 is 0.885 bits per heavy atom. The van der Waals surface area contributed by atoms with Gasteiger partial charge in [-0.2, -0.15) is 0 Å². The van der Waals surface area contributed by atoms with Crippen LogP contribution in [0.3, 0.4) is 0 Å². The molecule has 3 rings (SSSR count). The SMILES string of the molecule is CCC(C1CCCCC1)C([SiH3])(C(=O)OC1CCCCC1)C1CCCCC1. The summed E-state index contributed by atoms with van der Waals surface area (Å²) < 4.78 is 6.28. The van der Waals surface area contributed by atoms with Crippen molar-refractivity contribution >= 4 is 16.2 Å². The molecule has 3 fully saturated rings. The molecular weight excluding hydrogens is 336 g/mol. The van der Waals surface area contributed by atoms with E-state index in [1.807, 2.05) is 0 Å². The van der Waals surface area contributed by atoms with Crippen LogP contribution in [0.4, 0.5) is 0 Å². The standard InChI is InChI=1S/C23H42O2Si/c1-2-21(18-12-6-3-7-13-18)23(26,19-14-8-4-9-15-19)22(24)25-20-16-10-5-11-17-20/h18-21H,2-17H2,1,26H3. The van der Waals surface area contributed by atoms with Crippen LogP contribution in [0.5, 0.6) is 0 Å². The Balaban J connectivity index is 1.80. The van der Waals surface area contributed by atoms with E-state index in [1.54, 1.807) is 0 Å². The fourth-order valence-electron chi connectivity index (χ4n) is 6.57. The first-order chi connectivity index (χ1) is 12.7. The van der Waals surface area contributed by atoms with Gasteiger partial charge in [-0.3, -0.25) is 4.79 Å². The van der Waals surface area contributed by atoms with Crippen molar-refractivity contribution in [2.45, 2.75) is 121 Å². The molecule has 0 aromatic rings. The Hall–Kier alpha value is -0.313. The third-order valence-electron chi connectivity index (χ3n) is 8.15. The van der Waals surface area contributed by atoms with Crippen LogP contribution in [0.1, 0.15) is 110 Å². The second kappa shape index (κ2) is 9.75. The van der Waals surface area contributed by atoms with Crippen molar-refractivity contribution in [1.29, 1.82) is 0 Å². The molecule has 2 unspecified atom stereocenters. The molecule has 3 heteroatoms. The smallest absolute Gasteiger partial charge is 0.309 e. The number of hydrogen-bond acceptors (Lipinski definition) is 2. The molecular formula is C23H42O2Si. The van der Waals surface area contributed by atoms with Crippen LogP contribution < -0.4 is 0 Å². The lowest BCUT2D eigenvalue weighted by Crippen LogP contribution is -2.45. The number of esters is 1. The summed E-state index contributed by atoms with van der Waals surface area (Å²) >= 11 is 0. The van der Waals surface area contributed by atoms with Gasteiger partial charge in [-0.15, -0.1) is 0 Å². The molecule has 3 aliphatic carbocycles. The van der Waals surface area contributed by atoms with Crippen LogP contribution in [0.2, 0.25) is 5.04 Å². The zero-order chi connectivity index (χ0) is 18.4. The molecule has 2 atom stereocenters. The second-order valence-corrected chi connectivity index (χ2v) is 11.4. The molecule has 26 heavy (non-hydrogen) atoms. The van der Waals surface area contributed by atoms with Crippen molar-refractivity contribution in [2.75, 3.05) is 0 Å². The normalized spacial score (nSPS) is 27.7. The quantitative estimate of drug-likeness (QED) is 0.446. The topological polar surface area (TPSA) is 26.3 Å². The van der Waals surface area contributed by atoms with Crippen LogP contribution in [0, 0.1) is 17.8 Å². The predicted octanol–water partition coefficient (Wildman–Crippen LogP) is 5.57. The van der Waals surface area contributed by atoms with Crippen molar-refractivity contribution in [2.24, 2.45) is 17.8 Å². The Morgan fingerprint density at radius 2 is 1.38 bits per heavy atom. The van der Waals surface area contributed by atoms with Gasteiger partial charge in [0.15, 0.2) is 0 Å². The molecule has 150 valence electrons. The first kappa shape index (κ1) is 20.4. The Kier molecular flexibility index (Phi) is 7.66. The van der Waals surface area contributed by atoms with E-state index in [2.05, 4.69) is 6.92 Å². The molecule has 0 radical (unpaired) electrons. The summed E-state index contributed by atoms with van der Waals surface area (Å²) in [6, 6.07) is 0. The highest BCUT2D eigenvalue weighted by Crippen LogP contribution is 2.54. The van der Waals surface area contributed by atoms with E-state index in [4.69, 9.17) is 4.74 Å². The van der Waals surface area contributed by atoms with Gasteiger partial charge in [-0.05, 0) is 56.3 Å². The van der Waals surface area contributed by atoms with Crippen LogP contribution in [0.15, 0.2) is 0 Å². The summed E-state index contributed by atoms with van der Waals surface area (Å²) in [6.07, 6.45) is 20.8. The van der Waals surface area contributed by atoms with Crippen LogP contribution in [0.25, 0.3) is 0 Å². The molecule has 0 heterocycles. The summed E-state index contributed by atoms with van der Waals surface area (Å²) in [5.74, 6) is 2.19.